The van der Waals surface area contributed by atoms with Crippen molar-refractivity contribution in [1.82, 2.24) is 10.3 Å². The van der Waals surface area contributed by atoms with Crippen LogP contribution in [0.15, 0.2) is 18.5 Å². The summed E-state index contributed by atoms with van der Waals surface area (Å²) in [5.74, 6) is 0.442. The minimum atomic E-state index is -0.371. The van der Waals surface area contributed by atoms with Crippen LogP contribution in [0.25, 0.3) is 11.0 Å². The second kappa shape index (κ2) is 6.12. The van der Waals surface area contributed by atoms with Crippen molar-refractivity contribution in [3.8, 4) is 0 Å². The first-order valence-electron chi connectivity index (χ1n) is 6.39. The van der Waals surface area contributed by atoms with Gasteiger partial charge in [-0.05, 0) is 18.9 Å². The zero-order chi connectivity index (χ0) is 13.8. The van der Waals surface area contributed by atoms with Gasteiger partial charge in [-0.15, -0.1) is 0 Å². The van der Waals surface area contributed by atoms with Crippen molar-refractivity contribution in [3.05, 3.63) is 28.9 Å². The lowest BCUT2D eigenvalue weighted by Crippen LogP contribution is -2.47. The van der Waals surface area contributed by atoms with Gasteiger partial charge in [-0.3, -0.25) is 4.98 Å². The average Bonchev–Trinajstić information content (AvgIpc) is 2.41. The van der Waals surface area contributed by atoms with Gasteiger partial charge in [0.05, 0.1) is 12.1 Å². The van der Waals surface area contributed by atoms with Gasteiger partial charge in [-0.25, -0.2) is 0 Å². The van der Waals surface area contributed by atoms with Gasteiger partial charge in [0, 0.05) is 22.8 Å². The normalized spacial score (nSPS) is 26.6. The molecule has 0 saturated heterocycles. The molecule has 6 N–H and O–H groups in total. The molecule has 1 aromatic rings. The van der Waals surface area contributed by atoms with Gasteiger partial charge in [0.2, 0.25) is 0 Å². The van der Waals surface area contributed by atoms with Crippen LogP contribution in [0, 0.1) is 0 Å². The largest absolute Gasteiger partial charge is 0.391 e. The number of aliphatic hydroxyl groups is 1. The zero-order valence-electron chi connectivity index (χ0n) is 10.6. The molecule has 104 valence electrons. The summed E-state index contributed by atoms with van der Waals surface area (Å²) < 4.78 is 0. The molecule has 5 nitrogen and oxygen atoms in total. The first kappa shape index (κ1) is 14.0. The van der Waals surface area contributed by atoms with Crippen LogP contribution < -0.4 is 27.2 Å². The Balaban J connectivity index is 2.35. The Morgan fingerprint density at radius 2 is 2.05 bits per heavy atom. The highest BCUT2D eigenvalue weighted by Crippen LogP contribution is 2.18. The van der Waals surface area contributed by atoms with Crippen LogP contribution in [0.5, 0.6) is 0 Å². The summed E-state index contributed by atoms with van der Waals surface area (Å²) in [6.45, 7) is 0. The molecule has 1 aliphatic carbocycles. The number of nitrogens with one attached hydrogen (secondary N) is 1. The molecule has 1 fully saturated rings. The first-order chi connectivity index (χ1) is 9.09. The number of nitrogens with two attached hydrogens (primary N) is 2. The Morgan fingerprint density at radius 1 is 1.32 bits per heavy atom. The number of rotatable bonds is 2. The molecule has 1 aromatic heterocycles. The second-order valence-corrected chi connectivity index (χ2v) is 5.19. The van der Waals surface area contributed by atoms with E-state index in [-0.39, 0.29) is 17.3 Å². The minimum Gasteiger partial charge on any atom is -0.391 e. The average molecular weight is 283 g/mol. The third-order valence-electron chi connectivity index (χ3n) is 3.44. The lowest BCUT2D eigenvalue weighted by Gasteiger charge is -2.29. The summed E-state index contributed by atoms with van der Waals surface area (Å²) in [4.78, 5) is 4.03. The van der Waals surface area contributed by atoms with Crippen molar-refractivity contribution >= 4 is 22.6 Å². The van der Waals surface area contributed by atoms with E-state index < -0.39 is 0 Å². The number of pyridine rings is 1. The lowest BCUT2D eigenvalue weighted by atomic mass is 9.92. The Morgan fingerprint density at radius 3 is 2.74 bits per heavy atom. The summed E-state index contributed by atoms with van der Waals surface area (Å²) in [6, 6.07) is 1.68. The van der Waals surface area contributed by atoms with Crippen LogP contribution in [0.1, 0.15) is 25.7 Å². The highest BCUT2D eigenvalue weighted by molar-refractivity contribution is 6.44. The van der Waals surface area contributed by atoms with E-state index in [9.17, 15) is 5.11 Å². The van der Waals surface area contributed by atoms with Gasteiger partial charge in [-0.1, -0.05) is 24.4 Å². The molecule has 2 rings (SSSR count). The highest BCUT2D eigenvalue weighted by Gasteiger charge is 2.22. The number of hydrogen-bond acceptors (Lipinski definition) is 5. The third kappa shape index (κ3) is 3.30. The molecular formula is C13H19ClN4O. The maximum atomic E-state index is 9.94. The van der Waals surface area contributed by atoms with Crippen LogP contribution in [0.2, 0.25) is 0 Å². The molecule has 0 aliphatic heterocycles. The number of aromatic nitrogens is 1. The zero-order valence-corrected chi connectivity index (χ0v) is 11.4. The quantitative estimate of drug-likeness (QED) is 0.536. The lowest BCUT2D eigenvalue weighted by molar-refractivity contribution is 0.0982. The van der Waals surface area contributed by atoms with Crippen molar-refractivity contribution < 1.29 is 5.11 Å². The summed E-state index contributed by atoms with van der Waals surface area (Å²) in [7, 11) is 0. The molecule has 0 amide bonds. The Labute approximate surface area is 117 Å². The predicted octanol–water partition coefficient (Wildman–Crippen LogP) is -0.738. The topological polar surface area (TPSA) is 97.2 Å². The molecule has 1 unspecified atom stereocenters. The fourth-order valence-corrected chi connectivity index (χ4v) is 2.54. The van der Waals surface area contributed by atoms with Crippen LogP contribution in [-0.4, -0.2) is 22.2 Å². The van der Waals surface area contributed by atoms with Crippen LogP contribution >= 0.6 is 11.6 Å². The van der Waals surface area contributed by atoms with E-state index in [1.54, 1.807) is 18.5 Å². The Bertz CT molecular complexity index is 556. The van der Waals surface area contributed by atoms with Crippen molar-refractivity contribution in [2.45, 2.75) is 37.8 Å². The second-order valence-electron chi connectivity index (χ2n) is 4.79. The van der Waals surface area contributed by atoms with E-state index in [0.29, 0.717) is 16.3 Å². The smallest absolute Gasteiger partial charge is 0.107 e. The molecule has 1 aliphatic rings. The maximum Gasteiger partial charge on any atom is 0.107 e. The molecule has 0 bridgehead atoms. The van der Waals surface area contributed by atoms with E-state index in [4.69, 9.17) is 23.1 Å². The summed E-state index contributed by atoms with van der Waals surface area (Å²) in [6.07, 6.45) is 6.70. The fourth-order valence-electron chi connectivity index (χ4n) is 2.37. The SMILES string of the molecule is N/C(N[C@@H]1CCCCC1O)=c1/cncc/c1=C(/N)Cl. The van der Waals surface area contributed by atoms with Gasteiger partial charge < -0.3 is 21.9 Å². The van der Waals surface area contributed by atoms with Crippen LogP contribution in [-0.2, 0) is 0 Å². The van der Waals surface area contributed by atoms with E-state index in [1.165, 1.54) is 0 Å². The predicted molar refractivity (Wildman–Crippen MR) is 75.9 cm³/mol. The van der Waals surface area contributed by atoms with Gasteiger partial charge in [-0.2, -0.15) is 0 Å². The van der Waals surface area contributed by atoms with Gasteiger partial charge >= 0.3 is 0 Å². The summed E-state index contributed by atoms with van der Waals surface area (Å²) in [5, 5.41) is 14.6. The molecule has 2 atom stereocenters. The molecule has 19 heavy (non-hydrogen) atoms. The number of nitrogens with zero attached hydrogens (tertiary/aromatic N) is 1. The van der Waals surface area contributed by atoms with Crippen molar-refractivity contribution in [2.75, 3.05) is 0 Å². The van der Waals surface area contributed by atoms with Crippen LogP contribution in [0.3, 0.4) is 0 Å². The van der Waals surface area contributed by atoms with Crippen LogP contribution in [0.4, 0.5) is 0 Å². The Kier molecular flexibility index (Phi) is 4.50. The first-order valence-corrected chi connectivity index (χ1v) is 6.77. The number of aliphatic hydroxyl groups excluding tert-OH is 1. The fraction of sp³-hybridized carbons (Fsp3) is 0.462. The molecule has 6 heteroatoms. The van der Waals surface area contributed by atoms with Gasteiger partial charge in [0.25, 0.3) is 0 Å². The number of halogens is 1. The van der Waals surface area contributed by atoms with Gasteiger partial charge in [0.15, 0.2) is 0 Å². The summed E-state index contributed by atoms with van der Waals surface area (Å²) in [5.41, 5.74) is 11.7. The molecular weight excluding hydrogens is 264 g/mol. The van der Waals surface area contributed by atoms with Gasteiger partial charge in [0.1, 0.15) is 11.0 Å². The standard InChI is InChI=1S/C13H19ClN4O/c14-12(15)8-5-6-17-7-9(8)13(16)18-10-3-1-2-4-11(10)19/h5-7,10-11,18-19H,1-4,15-16H2/b12-8-,13-9+/t10-,11?/m1/s1. The summed E-state index contributed by atoms with van der Waals surface area (Å²) >= 11 is 5.84. The Hall–Kier alpha value is -1.46. The maximum absolute atomic E-state index is 9.94. The van der Waals surface area contributed by atoms with E-state index in [1.807, 2.05) is 0 Å². The van der Waals surface area contributed by atoms with Crippen molar-refractivity contribution in [1.29, 1.82) is 0 Å². The number of hydrogen-bond donors (Lipinski definition) is 4. The molecule has 1 saturated carbocycles. The van der Waals surface area contributed by atoms with E-state index in [2.05, 4.69) is 10.3 Å². The van der Waals surface area contributed by atoms with E-state index in [0.717, 1.165) is 25.7 Å². The molecule has 0 spiro atoms. The molecule has 0 aromatic carbocycles. The third-order valence-corrected chi connectivity index (χ3v) is 3.64. The van der Waals surface area contributed by atoms with Crippen molar-refractivity contribution in [2.24, 2.45) is 11.5 Å². The molecule has 1 heterocycles. The molecule has 0 radical (unpaired) electrons. The highest BCUT2D eigenvalue weighted by atomic mass is 35.5. The van der Waals surface area contributed by atoms with E-state index >= 15 is 0 Å². The minimum absolute atomic E-state index is 0.0293. The monoisotopic (exact) mass is 282 g/mol. The van der Waals surface area contributed by atoms with Crippen molar-refractivity contribution in [3.63, 3.8) is 0 Å².